The molecule has 0 aromatic carbocycles. The van der Waals surface area contributed by atoms with E-state index in [1.165, 1.54) is 0 Å². The quantitative estimate of drug-likeness (QED) is 0.288. The maximum Gasteiger partial charge on any atom is 0.303 e. The number of hydrogen-bond donors (Lipinski definition) is 0. The average Bonchev–Trinajstić information content (AvgIpc) is 2.78. The molecule has 0 saturated carbocycles. The van der Waals surface area contributed by atoms with Crippen LogP contribution in [0.5, 0.6) is 0 Å². The lowest BCUT2D eigenvalue weighted by atomic mass is 9.98. The Morgan fingerprint density at radius 1 is 0.889 bits per heavy atom. The van der Waals surface area contributed by atoms with E-state index in [-0.39, 0.29) is 6.61 Å². The second-order valence-corrected chi connectivity index (χ2v) is 5.94. The third kappa shape index (κ3) is 7.81. The van der Waals surface area contributed by atoms with Crippen LogP contribution in [0.15, 0.2) is 0 Å². The molecule has 27 heavy (non-hydrogen) atoms. The van der Waals surface area contributed by atoms with Crippen molar-refractivity contribution in [3.8, 4) is 0 Å². The number of ether oxygens (including phenoxy) is 6. The van der Waals surface area contributed by atoms with Crippen molar-refractivity contribution >= 4 is 39.8 Å². The van der Waals surface area contributed by atoms with Gasteiger partial charge in [0.1, 0.15) is 12.7 Å². The minimum atomic E-state index is -1.54. The van der Waals surface area contributed by atoms with Gasteiger partial charge in [-0.1, -0.05) is 15.9 Å². The molecule has 154 valence electrons. The van der Waals surface area contributed by atoms with E-state index in [1.54, 1.807) is 0 Å². The van der Waals surface area contributed by atoms with Gasteiger partial charge >= 0.3 is 23.9 Å². The Hall–Kier alpha value is -1.72. The molecule has 1 aliphatic rings. The van der Waals surface area contributed by atoms with Crippen LogP contribution in [0.2, 0.25) is 0 Å². The summed E-state index contributed by atoms with van der Waals surface area (Å²) >= 11 is 3.15. The molecule has 1 saturated heterocycles. The van der Waals surface area contributed by atoms with E-state index in [9.17, 15) is 19.2 Å². The first kappa shape index (κ1) is 17.4. The molecular weight excluding hydrogens is 432 g/mol. The predicted molar refractivity (Wildman–Crippen MR) is 91.7 cm³/mol. The van der Waals surface area contributed by atoms with E-state index in [1.807, 2.05) is 0 Å². The zero-order valence-electron chi connectivity index (χ0n) is 18.3. The van der Waals surface area contributed by atoms with Crippen LogP contribution in [0.3, 0.4) is 0 Å². The summed E-state index contributed by atoms with van der Waals surface area (Å²) in [6, 6.07) is 0. The summed E-state index contributed by atoms with van der Waals surface area (Å²) in [6.07, 6.45) is -7.18. The highest BCUT2D eigenvalue weighted by Crippen LogP contribution is 2.29. The van der Waals surface area contributed by atoms with Crippen LogP contribution < -0.4 is 0 Å². The van der Waals surface area contributed by atoms with Crippen LogP contribution in [0, 0.1) is 0 Å². The zero-order chi connectivity index (χ0) is 23.4. The molecular formula is C16H23BrO10. The van der Waals surface area contributed by atoms with Crippen LogP contribution in [0.25, 0.3) is 0 Å². The van der Waals surface area contributed by atoms with Gasteiger partial charge in [0.2, 0.25) is 0 Å². The zero-order valence-corrected chi connectivity index (χ0v) is 15.9. The molecule has 0 aliphatic carbocycles. The molecule has 1 unspecified atom stereocenters. The van der Waals surface area contributed by atoms with E-state index in [0.717, 1.165) is 0 Å². The van der Waals surface area contributed by atoms with Gasteiger partial charge in [-0.05, 0) is 0 Å². The van der Waals surface area contributed by atoms with Crippen LogP contribution in [-0.2, 0) is 47.6 Å². The molecule has 0 amide bonds. The summed E-state index contributed by atoms with van der Waals surface area (Å²) in [7, 11) is 0. The molecule has 1 heterocycles. The van der Waals surface area contributed by atoms with Gasteiger partial charge in [-0.25, -0.2) is 0 Å². The largest absolute Gasteiger partial charge is 0.463 e. The molecule has 0 aromatic heterocycles. The molecule has 10 nitrogen and oxygen atoms in total. The number of hydrogen-bond acceptors (Lipinski definition) is 10. The second kappa shape index (κ2) is 11.2. The van der Waals surface area contributed by atoms with Crippen molar-refractivity contribution in [3.05, 3.63) is 0 Å². The number of carbonyl (C=O) groups is 4. The minimum absolute atomic E-state index is 0.0507. The van der Waals surface area contributed by atoms with Gasteiger partial charge in [-0.15, -0.1) is 0 Å². The van der Waals surface area contributed by atoms with E-state index in [0.29, 0.717) is 5.33 Å². The highest BCUT2D eigenvalue weighted by atomic mass is 79.9. The molecule has 1 rings (SSSR count). The van der Waals surface area contributed by atoms with Gasteiger partial charge in [0.15, 0.2) is 24.6 Å². The Morgan fingerprint density at radius 3 is 2.00 bits per heavy atom. The van der Waals surface area contributed by atoms with Crippen molar-refractivity contribution in [2.75, 3.05) is 18.5 Å². The Kier molecular flexibility index (Phi) is 7.21. The van der Waals surface area contributed by atoms with Crippen LogP contribution in [-0.4, -0.2) is 73.1 Å². The topological polar surface area (TPSA) is 124 Å². The summed E-state index contributed by atoms with van der Waals surface area (Å²) in [5.74, 6) is -4.01. The van der Waals surface area contributed by atoms with E-state index in [2.05, 4.69) is 15.9 Å². The van der Waals surface area contributed by atoms with Gasteiger partial charge in [0.25, 0.3) is 0 Å². The number of carbonyl (C=O) groups excluding carboxylic acids is 4. The summed E-state index contributed by atoms with van der Waals surface area (Å²) in [4.78, 5) is 46.9. The fourth-order valence-corrected chi connectivity index (χ4v) is 2.53. The lowest BCUT2D eigenvalue weighted by Crippen LogP contribution is -2.63. The van der Waals surface area contributed by atoms with Crippen molar-refractivity contribution < 1.29 is 53.1 Å². The molecule has 1 fully saturated rings. The maximum absolute atomic E-state index is 11.9. The lowest BCUT2D eigenvalue weighted by molar-refractivity contribution is -0.306. The van der Waals surface area contributed by atoms with Crippen molar-refractivity contribution in [2.24, 2.45) is 0 Å². The van der Waals surface area contributed by atoms with Crippen LogP contribution in [0.1, 0.15) is 33.1 Å². The average molecular weight is 459 g/mol. The monoisotopic (exact) mass is 458 g/mol. The number of halogens is 1. The fourth-order valence-electron chi connectivity index (χ4n) is 2.34. The fraction of sp³-hybridized carbons (Fsp3) is 0.750. The molecule has 1 aliphatic heterocycles. The Labute approximate surface area is 170 Å². The molecule has 11 heteroatoms. The van der Waals surface area contributed by atoms with Crippen molar-refractivity contribution in [1.29, 1.82) is 0 Å². The molecule has 5 atom stereocenters. The highest BCUT2D eigenvalue weighted by Gasteiger charge is 2.52. The molecule has 0 bridgehead atoms. The van der Waals surface area contributed by atoms with Gasteiger partial charge in [0.05, 0.1) is 6.61 Å². The SMILES string of the molecule is [2H]CC(=O)OC[C@H]1OC(OCCBr)[C@H](OC(=O)C[2H])[C@@H](OC(=O)C[2H])[C@@H]1OC(=O)C[2H]. The van der Waals surface area contributed by atoms with Gasteiger partial charge in [-0.2, -0.15) is 0 Å². The Bertz CT molecular complexity index is 625. The molecule has 0 aromatic rings. The summed E-state index contributed by atoms with van der Waals surface area (Å²) in [5.41, 5.74) is 0. The van der Waals surface area contributed by atoms with Crippen molar-refractivity contribution in [2.45, 2.75) is 58.3 Å². The van der Waals surface area contributed by atoms with Gasteiger partial charge in [-0.3, -0.25) is 19.2 Å². The number of esters is 4. The number of rotatable bonds is 8. The standard InChI is InChI=1S/C16H23BrO10/c1-8(18)23-7-12-13(24-9(2)19)14(25-10(3)20)15(26-11(4)21)16(27-12)22-6-5-17/h12-16H,5-7H2,1-4H3/t12-,13-,14+,15-,16?/m1/s1/i1D,2D,3D,4D. The highest BCUT2D eigenvalue weighted by molar-refractivity contribution is 9.09. The summed E-state index contributed by atoms with van der Waals surface area (Å²) < 4.78 is 60.0. The Balaban J connectivity index is 3.32. The van der Waals surface area contributed by atoms with Crippen LogP contribution in [0.4, 0.5) is 0 Å². The van der Waals surface area contributed by atoms with E-state index < -0.39 is 88.8 Å². The molecule has 0 spiro atoms. The minimum Gasteiger partial charge on any atom is -0.463 e. The van der Waals surface area contributed by atoms with Gasteiger partial charge < -0.3 is 28.4 Å². The predicted octanol–water partition coefficient (Wildman–Crippen LogP) is 0.481. The normalized spacial score (nSPS) is 29.3. The third-order valence-corrected chi connectivity index (χ3v) is 3.49. The van der Waals surface area contributed by atoms with Gasteiger partial charge in [0, 0.05) is 38.4 Å². The first-order valence-electron chi connectivity index (χ1n) is 10.4. The first-order valence-corrected chi connectivity index (χ1v) is 8.67. The van der Waals surface area contributed by atoms with Crippen molar-refractivity contribution in [1.82, 2.24) is 0 Å². The lowest BCUT2D eigenvalue weighted by Gasteiger charge is -2.44. The Morgan fingerprint density at radius 2 is 1.44 bits per heavy atom. The van der Waals surface area contributed by atoms with E-state index in [4.69, 9.17) is 33.9 Å². The van der Waals surface area contributed by atoms with Crippen molar-refractivity contribution in [3.63, 3.8) is 0 Å². The molecule has 0 N–H and O–H groups in total. The second-order valence-electron chi connectivity index (χ2n) is 5.15. The smallest absolute Gasteiger partial charge is 0.303 e. The van der Waals surface area contributed by atoms with Crippen LogP contribution >= 0.6 is 15.9 Å². The first-order chi connectivity index (χ1) is 14.8. The van der Waals surface area contributed by atoms with E-state index >= 15 is 0 Å². The molecule has 0 radical (unpaired) electrons. The maximum atomic E-state index is 11.9. The number of alkyl halides is 1. The summed E-state index contributed by atoms with van der Waals surface area (Å²) in [5, 5.41) is 0.346. The summed E-state index contributed by atoms with van der Waals surface area (Å²) in [6.45, 7) is -3.54. The third-order valence-electron chi connectivity index (χ3n) is 3.16.